The Morgan fingerprint density at radius 2 is 1.79 bits per heavy atom. The van der Waals surface area contributed by atoms with Gasteiger partial charge >= 0.3 is 0 Å². The van der Waals surface area contributed by atoms with Gasteiger partial charge in [-0.15, -0.1) is 0 Å². The normalized spacial score (nSPS) is 11.6. The molecule has 34 heavy (non-hydrogen) atoms. The molecule has 0 fully saturated rings. The number of nitrogens with zero attached hydrogens (tertiary/aromatic N) is 1. The summed E-state index contributed by atoms with van der Waals surface area (Å²) in [6, 6.07) is 19.8. The van der Waals surface area contributed by atoms with E-state index in [1.165, 1.54) is 20.2 Å². The number of para-hydroxylation sites is 1. The van der Waals surface area contributed by atoms with E-state index >= 15 is 0 Å². The highest BCUT2D eigenvalue weighted by atomic mass is 79.9. The Balaban J connectivity index is 1.57. The molecule has 2 amide bonds. The van der Waals surface area contributed by atoms with Gasteiger partial charge in [-0.25, -0.2) is 5.43 Å². The molecule has 1 unspecified atom stereocenters. The van der Waals surface area contributed by atoms with Gasteiger partial charge in [0.2, 0.25) is 5.91 Å². The highest BCUT2D eigenvalue weighted by Gasteiger charge is 2.21. The molecule has 2 N–H and O–H groups in total. The van der Waals surface area contributed by atoms with Crippen LogP contribution in [0.25, 0.3) is 0 Å². The van der Waals surface area contributed by atoms with Gasteiger partial charge in [0.1, 0.15) is 12.5 Å². The predicted octanol–water partition coefficient (Wildman–Crippen LogP) is 5.42. The Labute approximate surface area is 211 Å². The molecule has 0 spiro atoms. The van der Waals surface area contributed by atoms with E-state index in [0.717, 1.165) is 10.0 Å². The van der Waals surface area contributed by atoms with Crippen LogP contribution in [-0.2, 0) is 16.2 Å². The van der Waals surface area contributed by atoms with Crippen molar-refractivity contribution in [3.8, 4) is 11.5 Å². The first-order valence-corrected chi connectivity index (χ1v) is 11.5. The summed E-state index contributed by atoms with van der Waals surface area (Å²) in [5, 5.41) is 7.29. The number of ether oxygens (including phenoxy) is 2. The summed E-state index contributed by atoms with van der Waals surface area (Å²) in [6.07, 6.45) is 1.46. The van der Waals surface area contributed by atoms with Crippen molar-refractivity contribution in [3.63, 3.8) is 0 Å². The number of nitrogens with one attached hydrogen (secondary N) is 2. The lowest BCUT2D eigenvalue weighted by Crippen LogP contribution is -2.34. The number of hydrogen-bond donors (Lipinski definition) is 2. The van der Waals surface area contributed by atoms with Crippen molar-refractivity contribution in [2.24, 2.45) is 11.0 Å². The van der Waals surface area contributed by atoms with Crippen molar-refractivity contribution in [2.75, 3.05) is 12.4 Å². The molecular formula is C25H23BrClN3O4. The molecule has 0 saturated carbocycles. The van der Waals surface area contributed by atoms with E-state index in [2.05, 4.69) is 31.8 Å². The molecule has 0 radical (unpaired) electrons. The summed E-state index contributed by atoms with van der Waals surface area (Å²) in [5.41, 5.74) is 4.50. The molecular weight excluding hydrogens is 522 g/mol. The smallest absolute Gasteiger partial charge is 0.252 e. The third-order valence-electron chi connectivity index (χ3n) is 4.84. The van der Waals surface area contributed by atoms with E-state index in [9.17, 15) is 9.59 Å². The minimum Gasteiger partial charge on any atom is -0.493 e. The molecule has 0 aromatic heterocycles. The molecule has 0 aliphatic carbocycles. The highest BCUT2D eigenvalue weighted by Crippen LogP contribution is 2.29. The van der Waals surface area contributed by atoms with Gasteiger partial charge in [-0.05, 0) is 64.8 Å². The maximum Gasteiger partial charge on any atom is 0.252 e. The first-order valence-electron chi connectivity index (χ1n) is 10.3. The molecule has 1 atom stereocenters. The number of carbonyl (C=O) groups excluding carboxylic acids is 2. The van der Waals surface area contributed by atoms with Crippen LogP contribution < -0.4 is 20.2 Å². The Morgan fingerprint density at radius 1 is 1.06 bits per heavy atom. The first-order chi connectivity index (χ1) is 16.4. The van der Waals surface area contributed by atoms with Crippen LogP contribution in [0.2, 0.25) is 5.02 Å². The molecule has 0 aliphatic rings. The van der Waals surface area contributed by atoms with Crippen LogP contribution in [-0.4, -0.2) is 25.1 Å². The molecule has 3 aromatic rings. The minimum atomic E-state index is -0.945. The van der Waals surface area contributed by atoms with Crippen molar-refractivity contribution < 1.29 is 19.1 Å². The van der Waals surface area contributed by atoms with Crippen LogP contribution in [0, 0.1) is 5.92 Å². The summed E-state index contributed by atoms with van der Waals surface area (Å²) in [7, 11) is 1.53. The SMILES string of the molecule is COc1cc(C=NNC(=O)C(C)C(=O)Nc2ccccc2Br)ccc1OCc1ccccc1Cl. The lowest BCUT2D eigenvalue weighted by molar-refractivity contribution is -0.131. The number of hydrogen-bond acceptors (Lipinski definition) is 5. The minimum absolute atomic E-state index is 0.291. The van der Waals surface area contributed by atoms with Crippen LogP contribution in [0.4, 0.5) is 5.69 Å². The quantitative estimate of drug-likeness (QED) is 0.214. The average molecular weight is 545 g/mol. The molecule has 176 valence electrons. The lowest BCUT2D eigenvalue weighted by Gasteiger charge is -2.12. The average Bonchev–Trinajstić information content (AvgIpc) is 2.84. The van der Waals surface area contributed by atoms with Gasteiger partial charge in [-0.1, -0.05) is 41.9 Å². The van der Waals surface area contributed by atoms with Crippen LogP contribution in [0.15, 0.2) is 76.3 Å². The van der Waals surface area contributed by atoms with Gasteiger partial charge in [-0.3, -0.25) is 9.59 Å². The summed E-state index contributed by atoms with van der Waals surface area (Å²) in [5.74, 6) is -0.877. The molecule has 3 aromatic carbocycles. The van der Waals surface area contributed by atoms with E-state index < -0.39 is 17.7 Å². The van der Waals surface area contributed by atoms with Crippen molar-refractivity contribution in [3.05, 3.63) is 87.4 Å². The number of halogens is 2. The van der Waals surface area contributed by atoms with Crippen LogP contribution in [0.3, 0.4) is 0 Å². The van der Waals surface area contributed by atoms with E-state index in [0.29, 0.717) is 34.4 Å². The van der Waals surface area contributed by atoms with Crippen LogP contribution >= 0.6 is 27.5 Å². The van der Waals surface area contributed by atoms with Gasteiger partial charge in [0.15, 0.2) is 11.5 Å². The van der Waals surface area contributed by atoms with Gasteiger partial charge in [0, 0.05) is 15.1 Å². The topological polar surface area (TPSA) is 89.0 Å². The van der Waals surface area contributed by atoms with Gasteiger partial charge in [-0.2, -0.15) is 5.10 Å². The molecule has 3 rings (SSSR count). The number of methoxy groups -OCH3 is 1. The van der Waals surface area contributed by atoms with Gasteiger partial charge in [0.25, 0.3) is 5.91 Å². The fraction of sp³-hybridized carbons (Fsp3) is 0.160. The van der Waals surface area contributed by atoms with Crippen LogP contribution in [0.1, 0.15) is 18.1 Å². The van der Waals surface area contributed by atoms with Crippen molar-refractivity contribution in [1.29, 1.82) is 0 Å². The summed E-state index contributed by atoms with van der Waals surface area (Å²) < 4.78 is 12.0. The highest BCUT2D eigenvalue weighted by molar-refractivity contribution is 9.10. The van der Waals surface area contributed by atoms with E-state index in [-0.39, 0.29) is 0 Å². The van der Waals surface area contributed by atoms with E-state index in [1.807, 2.05) is 24.3 Å². The third kappa shape index (κ3) is 6.82. The number of anilines is 1. The largest absolute Gasteiger partial charge is 0.493 e. The second-order valence-electron chi connectivity index (χ2n) is 7.22. The summed E-state index contributed by atoms with van der Waals surface area (Å²) >= 11 is 9.53. The van der Waals surface area contributed by atoms with Crippen molar-refractivity contribution in [2.45, 2.75) is 13.5 Å². The fourth-order valence-corrected chi connectivity index (χ4v) is 3.42. The number of rotatable bonds is 9. The lowest BCUT2D eigenvalue weighted by atomic mass is 10.1. The number of hydrazone groups is 1. The second-order valence-corrected chi connectivity index (χ2v) is 8.48. The predicted molar refractivity (Wildman–Crippen MR) is 136 cm³/mol. The molecule has 0 heterocycles. The van der Waals surface area contributed by atoms with Gasteiger partial charge in [0.05, 0.1) is 19.0 Å². The van der Waals surface area contributed by atoms with E-state index in [1.54, 1.807) is 42.5 Å². The zero-order chi connectivity index (χ0) is 24.5. The molecule has 9 heteroatoms. The Kier molecular flexibility index (Phi) is 9.07. The second kappa shape index (κ2) is 12.2. The van der Waals surface area contributed by atoms with Crippen molar-refractivity contribution in [1.82, 2.24) is 5.43 Å². The fourth-order valence-electron chi connectivity index (χ4n) is 2.84. The number of benzene rings is 3. The van der Waals surface area contributed by atoms with Gasteiger partial charge < -0.3 is 14.8 Å². The number of carbonyl (C=O) groups is 2. The Bertz CT molecular complexity index is 1200. The molecule has 0 saturated heterocycles. The standard InChI is InChI=1S/C25H23BrClN3O4/c1-16(24(31)29-21-10-6-4-8-19(21)26)25(32)30-28-14-17-11-12-22(23(13-17)33-2)34-15-18-7-3-5-9-20(18)27/h3-14,16H,15H2,1-2H3,(H,29,31)(H,30,32). The first kappa shape index (κ1) is 25.3. The maximum atomic E-state index is 12.4. The summed E-state index contributed by atoms with van der Waals surface area (Å²) in [6.45, 7) is 1.80. The molecule has 0 aliphatic heterocycles. The Morgan fingerprint density at radius 3 is 2.53 bits per heavy atom. The Hall–Kier alpha value is -3.36. The zero-order valence-electron chi connectivity index (χ0n) is 18.5. The molecule has 0 bridgehead atoms. The summed E-state index contributed by atoms with van der Waals surface area (Å²) in [4.78, 5) is 24.7. The number of amides is 2. The van der Waals surface area contributed by atoms with Crippen LogP contribution in [0.5, 0.6) is 11.5 Å². The van der Waals surface area contributed by atoms with E-state index in [4.69, 9.17) is 21.1 Å². The zero-order valence-corrected chi connectivity index (χ0v) is 20.9. The monoisotopic (exact) mass is 543 g/mol. The third-order valence-corrected chi connectivity index (χ3v) is 5.90. The molecule has 7 nitrogen and oxygen atoms in total. The maximum absolute atomic E-state index is 12.4. The van der Waals surface area contributed by atoms with Crippen molar-refractivity contribution >= 4 is 51.2 Å².